The van der Waals surface area contributed by atoms with Crippen molar-refractivity contribution in [3.05, 3.63) is 69.8 Å². The molecular weight excluding hydrogens is 498 g/mol. The number of aliphatic hydroxyl groups is 1. The van der Waals surface area contributed by atoms with E-state index in [4.69, 9.17) is 0 Å². The molecule has 1 aromatic carbocycles. The standard InChI is InChI=1S/C35H49NO4/c1-12-34(13-2,28-19-20-29(25(5)23-28)30(37)36(11)33(9,10)31(38)39)27-17-15-24(4)26(16-18-27)21-22-35(40,14-3)32(6,7)8/h16-20,23,40H,12-15H2,1-11H3,(H,38,39). The fourth-order valence-electron chi connectivity index (χ4n) is 5.25. The molecule has 5 heteroatoms. The molecule has 1 unspecified atom stereocenters. The van der Waals surface area contributed by atoms with Crippen LogP contribution < -0.4 is 0 Å². The van der Waals surface area contributed by atoms with Crippen molar-refractivity contribution in [3.63, 3.8) is 0 Å². The third kappa shape index (κ3) is 6.28. The van der Waals surface area contributed by atoms with Gasteiger partial charge in [-0.05, 0) is 82.2 Å². The molecule has 5 nitrogen and oxygen atoms in total. The molecule has 0 aliphatic heterocycles. The van der Waals surface area contributed by atoms with Gasteiger partial charge in [-0.3, -0.25) is 4.79 Å². The van der Waals surface area contributed by atoms with Crippen LogP contribution >= 0.6 is 0 Å². The predicted octanol–water partition coefficient (Wildman–Crippen LogP) is 7.38. The highest BCUT2D eigenvalue weighted by Gasteiger charge is 2.38. The number of carboxylic acid groups (broad SMARTS) is 1. The summed E-state index contributed by atoms with van der Waals surface area (Å²) < 4.78 is 0. The van der Waals surface area contributed by atoms with E-state index >= 15 is 0 Å². The van der Waals surface area contributed by atoms with Gasteiger partial charge in [-0.25, -0.2) is 4.79 Å². The SMILES string of the molecule is CCC(CC)(C1=CCC(C)=C(C#CC(O)(CC)C(C)(C)C)C=C1)c1ccc(C(=O)N(C)C(C)(C)C(=O)O)c(C)c1. The fraction of sp³-hybridized carbons (Fsp3) is 0.543. The van der Waals surface area contributed by atoms with Gasteiger partial charge in [0.1, 0.15) is 11.1 Å². The van der Waals surface area contributed by atoms with Crippen molar-refractivity contribution >= 4 is 11.9 Å². The summed E-state index contributed by atoms with van der Waals surface area (Å²) in [4.78, 5) is 26.3. The largest absolute Gasteiger partial charge is 0.480 e. The maximum absolute atomic E-state index is 13.3. The van der Waals surface area contributed by atoms with Crippen molar-refractivity contribution in [3.8, 4) is 11.8 Å². The van der Waals surface area contributed by atoms with Gasteiger partial charge in [-0.1, -0.05) is 83.2 Å². The molecule has 218 valence electrons. The molecule has 0 fully saturated rings. The maximum atomic E-state index is 13.3. The van der Waals surface area contributed by atoms with Crippen LogP contribution in [0.25, 0.3) is 0 Å². The molecule has 0 spiro atoms. The quantitative estimate of drug-likeness (QED) is 0.333. The first-order valence-electron chi connectivity index (χ1n) is 14.4. The summed E-state index contributed by atoms with van der Waals surface area (Å²) in [5.74, 6) is 5.11. The van der Waals surface area contributed by atoms with Crippen molar-refractivity contribution in [2.75, 3.05) is 7.05 Å². The number of hydrogen-bond acceptors (Lipinski definition) is 3. The van der Waals surface area contributed by atoms with Crippen LogP contribution in [0.1, 0.15) is 109 Å². The minimum Gasteiger partial charge on any atom is -0.480 e. The van der Waals surface area contributed by atoms with Crippen LogP contribution in [-0.4, -0.2) is 45.2 Å². The first-order chi connectivity index (χ1) is 18.4. The van der Waals surface area contributed by atoms with E-state index in [0.717, 1.165) is 41.5 Å². The Hall–Kier alpha value is -3.10. The first-order valence-corrected chi connectivity index (χ1v) is 14.4. The van der Waals surface area contributed by atoms with Crippen molar-refractivity contribution < 1.29 is 19.8 Å². The van der Waals surface area contributed by atoms with E-state index in [0.29, 0.717) is 12.0 Å². The number of carbonyl (C=O) groups is 2. The summed E-state index contributed by atoms with van der Waals surface area (Å²) in [5.41, 5.74) is 2.75. The molecule has 1 amide bonds. The van der Waals surface area contributed by atoms with Gasteiger partial charge in [-0.2, -0.15) is 0 Å². The van der Waals surface area contributed by atoms with Crippen molar-refractivity contribution in [2.45, 2.75) is 111 Å². The van der Waals surface area contributed by atoms with Gasteiger partial charge in [0.25, 0.3) is 5.91 Å². The molecule has 40 heavy (non-hydrogen) atoms. The maximum Gasteiger partial charge on any atom is 0.329 e. The van der Waals surface area contributed by atoms with Crippen LogP contribution in [0.15, 0.2) is 53.1 Å². The van der Waals surface area contributed by atoms with Crippen LogP contribution in [0.4, 0.5) is 0 Å². The van der Waals surface area contributed by atoms with E-state index in [-0.39, 0.29) is 16.7 Å². The number of aryl methyl sites for hydroxylation is 1. The molecular formula is C35H49NO4. The molecule has 0 bridgehead atoms. The third-order valence-corrected chi connectivity index (χ3v) is 9.11. The average molecular weight is 548 g/mol. The summed E-state index contributed by atoms with van der Waals surface area (Å²) in [5, 5.41) is 20.7. The highest BCUT2D eigenvalue weighted by molar-refractivity contribution is 5.98. The molecule has 1 aromatic rings. The van der Waals surface area contributed by atoms with Gasteiger partial charge in [-0.15, -0.1) is 0 Å². The second-order valence-corrected chi connectivity index (χ2v) is 12.7. The van der Waals surface area contributed by atoms with E-state index in [1.165, 1.54) is 31.4 Å². The first kappa shape index (κ1) is 33.1. The van der Waals surface area contributed by atoms with Gasteiger partial charge in [0, 0.05) is 29.0 Å². The average Bonchev–Trinajstić information content (AvgIpc) is 3.08. The molecule has 1 aliphatic carbocycles. The Morgan fingerprint density at radius 1 is 0.975 bits per heavy atom. The van der Waals surface area contributed by atoms with Gasteiger partial charge >= 0.3 is 5.97 Å². The van der Waals surface area contributed by atoms with Gasteiger partial charge in [0.05, 0.1) is 0 Å². The number of rotatable bonds is 8. The molecule has 0 aromatic heterocycles. The summed E-state index contributed by atoms with van der Waals surface area (Å²) in [6, 6.07) is 5.92. The molecule has 0 saturated carbocycles. The lowest BCUT2D eigenvalue weighted by atomic mass is 9.69. The Balaban J connectivity index is 2.50. The summed E-state index contributed by atoms with van der Waals surface area (Å²) in [6.07, 6.45) is 9.58. The second kappa shape index (κ2) is 12.2. The van der Waals surface area contributed by atoms with Crippen LogP contribution in [-0.2, 0) is 10.2 Å². The Morgan fingerprint density at radius 3 is 2.05 bits per heavy atom. The molecule has 0 radical (unpaired) electrons. The van der Waals surface area contributed by atoms with E-state index in [2.05, 4.69) is 56.9 Å². The molecule has 2 rings (SSSR count). The van der Waals surface area contributed by atoms with Gasteiger partial charge < -0.3 is 15.1 Å². The zero-order valence-corrected chi connectivity index (χ0v) is 26.5. The second-order valence-electron chi connectivity index (χ2n) is 12.7. The molecule has 0 saturated heterocycles. The summed E-state index contributed by atoms with van der Waals surface area (Å²) in [7, 11) is 1.53. The normalized spacial score (nSPS) is 15.9. The Kier molecular flexibility index (Phi) is 10.1. The Bertz CT molecular complexity index is 1290. The zero-order chi connectivity index (χ0) is 30.7. The van der Waals surface area contributed by atoms with E-state index < -0.39 is 17.1 Å². The number of carboxylic acids is 1. The van der Waals surface area contributed by atoms with Crippen molar-refractivity contribution in [1.29, 1.82) is 0 Å². The number of allylic oxidation sites excluding steroid dienone is 6. The lowest BCUT2D eigenvalue weighted by molar-refractivity contribution is -0.147. The minimum atomic E-state index is -1.32. The van der Waals surface area contributed by atoms with Gasteiger partial charge in [0.2, 0.25) is 0 Å². The summed E-state index contributed by atoms with van der Waals surface area (Å²) in [6.45, 7) is 19.4. The lowest BCUT2D eigenvalue weighted by Crippen LogP contribution is -2.50. The molecule has 1 atom stereocenters. The van der Waals surface area contributed by atoms with E-state index in [1.807, 2.05) is 46.8 Å². The summed E-state index contributed by atoms with van der Waals surface area (Å²) >= 11 is 0. The number of carbonyl (C=O) groups excluding carboxylic acids is 1. The van der Waals surface area contributed by atoms with Crippen LogP contribution in [0.2, 0.25) is 0 Å². The molecule has 1 aliphatic rings. The number of hydrogen-bond donors (Lipinski definition) is 2. The Labute approximate surface area is 242 Å². The lowest BCUT2D eigenvalue weighted by Gasteiger charge is -2.35. The van der Waals surface area contributed by atoms with Crippen LogP contribution in [0, 0.1) is 24.2 Å². The predicted molar refractivity (Wildman–Crippen MR) is 164 cm³/mol. The number of amides is 1. The van der Waals surface area contributed by atoms with E-state index in [9.17, 15) is 19.8 Å². The molecule has 2 N–H and O–H groups in total. The molecule has 0 heterocycles. The zero-order valence-electron chi connectivity index (χ0n) is 26.5. The highest BCUT2D eigenvalue weighted by atomic mass is 16.4. The number of likely N-dealkylation sites (N-methyl/N-ethyl adjacent to an activating group) is 1. The minimum absolute atomic E-state index is 0.256. The van der Waals surface area contributed by atoms with Crippen LogP contribution in [0.3, 0.4) is 0 Å². The third-order valence-electron chi connectivity index (χ3n) is 9.11. The van der Waals surface area contributed by atoms with Crippen molar-refractivity contribution in [1.82, 2.24) is 4.90 Å². The highest BCUT2D eigenvalue weighted by Crippen LogP contribution is 2.42. The number of aliphatic carboxylic acids is 1. The number of benzene rings is 1. The van der Waals surface area contributed by atoms with E-state index in [1.54, 1.807) is 0 Å². The Morgan fingerprint density at radius 2 is 1.57 bits per heavy atom. The van der Waals surface area contributed by atoms with Crippen molar-refractivity contribution in [2.24, 2.45) is 5.41 Å². The van der Waals surface area contributed by atoms with Gasteiger partial charge in [0.15, 0.2) is 0 Å². The smallest absolute Gasteiger partial charge is 0.329 e. The number of nitrogens with zero attached hydrogens (tertiary/aromatic N) is 1. The fourth-order valence-corrected chi connectivity index (χ4v) is 5.25. The van der Waals surface area contributed by atoms with Crippen LogP contribution in [0.5, 0.6) is 0 Å². The monoisotopic (exact) mass is 547 g/mol. The topological polar surface area (TPSA) is 77.8 Å².